The van der Waals surface area contributed by atoms with Crippen LogP contribution in [0.2, 0.25) is 0 Å². The van der Waals surface area contributed by atoms with Gasteiger partial charge in [0.25, 0.3) is 0 Å². The van der Waals surface area contributed by atoms with Crippen LogP contribution in [-0.4, -0.2) is 81.8 Å². The Hall–Kier alpha value is 2.56. The molecule has 0 atom stereocenters. The highest BCUT2D eigenvalue weighted by atomic mass is 32.7. The van der Waals surface area contributed by atoms with Gasteiger partial charge < -0.3 is 0 Å². The van der Waals surface area contributed by atoms with Crippen LogP contribution in [0.3, 0.4) is 0 Å². The number of rotatable bonds is 8. The monoisotopic (exact) mass is 530 g/mol. The van der Waals surface area contributed by atoms with Gasteiger partial charge in [0.1, 0.15) is 0 Å². The molecule has 0 amide bonds. The summed E-state index contributed by atoms with van der Waals surface area (Å²) in [6.07, 6.45) is 9.75. The Morgan fingerprint density at radius 2 is 1.22 bits per heavy atom. The molecule has 0 unspecified atom stereocenters. The molecule has 160 valence electrons. The molecule has 2 rings (SSSR count). The summed E-state index contributed by atoms with van der Waals surface area (Å²) in [5, 5.41) is 0. The Kier molecular flexibility index (Phi) is 10.4. The molecule has 0 aliphatic carbocycles. The van der Waals surface area contributed by atoms with E-state index >= 15 is 0 Å². The predicted octanol–water partition coefficient (Wildman–Crippen LogP) is 5.05. The maximum atomic E-state index is 5.20. The number of hydrogen-bond acceptors (Lipinski definition) is 13. The van der Waals surface area contributed by atoms with E-state index in [2.05, 4.69) is 84.1 Å². The van der Waals surface area contributed by atoms with Gasteiger partial charge in [-0.15, -0.1) is 0 Å². The largest absolute Gasteiger partial charge is 0.368 e. The summed E-state index contributed by atoms with van der Waals surface area (Å²) in [6.45, 7) is -1.01. The fourth-order valence-corrected chi connectivity index (χ4v) is 28.4. The van der Waals surface area contributed by atoms with Crippen LogP contribution < -0.4 is 14.6 Å². The van der Waals surface area contributed by atoms with Crippen LogP contribution in [0.25, 0.3) is 0 Å². The van der Waals surface area contributed by atoms with E-state index in [1.54, 1.807) is 47.8 Å². The summed E-state index contributed by atoms with van der Waals surface area (Å²) in [6, 6.07) is 0. The molecular formula is C11H33N8P3S5+2. The highest BCUT2D eigenvalue weighted by molar-refractivity contribution is 8.59. The fraction of sp³-hybridized carbons (Fsp3) is 1.00. The van der Waals surface area contributed by atoms with Gasteiger partial charge in [0, 0.05) is 45.3 Å². The molecule has 1 saturated heterocycles. The molecule has 0 aromatic rings. The van der Waals surface area contributed by atoms with Crippen LogP contribution in [-0.2, 0) is 0 Å². The van der Waals surface area contributed by atoms with E-state index in [0.717, 1.165) is 18.7 Å². The Morgan fingerprint density at radius 1 is 0.815 bits per heavy atom. The molecule has 0 radical (unpaired) electrons. The first kappa shape index (κ1) is 25.8. The van der Waals surface area contributed by atoms with E-state index in [1.165, 1.54) is 0 Å². The molecule has 2 heterocycles. The van der Waals surface area contributed by atoms with Crippen molar-refractivity contribution in [1.29, 1.82) is 0 Å². The van der Waals surface area contributed by atoms with E-state index in [1.807, 2.05) is 11.4 Å². The minimum atomic E-state index is -2.06. The summed E-state index contributed by atoms with van der Waals surface area (Å²) < 4.78 is 14.7. The van der Waals surface area contributed by atoms with Gasteiger partial charge in [-0.2, -0.15) is 0 Å². The molecule has 2 aliphatic rings. The van der Waals surface area contributed by atoms with Crippen molar-refractivity contribution in [2.75, 3.05) is 65.5 Å². The lowest BCUT2D eigenvalue weighted by Gasteiger charge is -2.49. The van der Waals surface area contributed by atoms with Crippen molar-refractivity contribution in [3.8, 4) is 0 Å². The molecule has 1 spiro atoms. The molecule has 0 saturated carbocycles. The third-order valence-electron chi connectivity index (χ3n) is 4.40. The average Bonchev–Trinajstić information content (AvgIpc) is 2.70. The number of hydrogen-bond donors (Lipinski definition) is 3. The first-order chi connectivity index (χ1) is 12.8. The van der Waals surface area contributed by atoms with Crippen molar-refractivity contribution in [3.05, 3.63) is 0 Å². The number of nitrogens with zero attached hydrogens (tertiary/aromatic N) is 5. The molecule has 27 heavy (non-hydrogen) atoms. The zero-order valence-corrected chi connectivity index (χ0v) is 24.0. The van der Waals surface area contributed by atoms with Gasteiger partial charge in [0.2, 0.25) is 6.56 Å². The molecule has 2 aliphatic heterocycles. The Balaban J connectivity index is 2.69. The molecule has 0 aromatic carbocycles. The van der Waals surface area contributed by atoms with Gasteiger partial charge in [0.05, 0.1) is 0 Å². The van der Waals surface area contributed by atoms with Crippen molar-refractivity contribution in [2.24, 2.45) is 4.74 Å². The minimum Gasteiger partial charge on any atom is -0.260 e. The van der Waals surface area contributed by atoms with Crippen LogP contribution in [0, 0.1) is 0 Å². The summed E-state index contributed by atoms with van der Waals surface area (Å²) in [5.74, 6) is 1.15. The van der Waals surface area contributed by atoms with E-state index < -0.39 is 22.3 Å². The molecule has 16 heteroatoms. The van der Waals surface area contributed by atoms with E-state index in [4.69, 9.17) is 4.74 Å². The third kappa shape index (κ3) is 5.15. The van der Waals surface area contributed by atoms with Crippen LogP contribution in [0.5, 0.6) is 0 Å². The van der Waals surface area contributed by atoms with Crippen molar-refractivity contribution < 1.29 is 0 Å². The van der Waals surface area contributed by atoms with Gasteiger partial charge in [-0.3, -0.25) is 4.74 Å². The van der Waals surface area contributed by atoms with Crippen LogP contribution in [0.4, 0.5) is 0 Å². The lowest BCUT2D eigenvalue weighted by Crippen LogP contribution is -2.54. The van der Waals surface area contributed by atoms with Gasteiger partial charge in [-0.05, 0) is 79.2 Å². The zero-order chi connectivity index (χ0) is 20.3. The van der Waals surface area contributed by atoms with Gasteiger partial charge in [-0.25, -0.2) is 0 Å². The normalized spacial score (nSPS) is 24.1. The zero-order valence-electron chi connectivity index (χ0n) is 17.2. The predicted molar refractivity (Wildman–Crippen MR) is 140 cm³/mol. The highest BCUT2D eigenvalue weighted by Gasteiger charge is 2.72. The van der Waals surface area contributed by atoms with Crippen molar-refractivity contribution >= 4 is 81.5 Å². The van der Waals surface area contributed by atoms with Crippen molar-refractivity contribution in [1.82, 2.24) is 30.9 Å². The molecular weight excluding hydrogens is 497 g/mol. The van der Waals surface area contributed by atoms with Gasteiger partial charge in [0.15, 0.2) is 0 Å². The third-order valence-corrected chi connectivity index (χ3v) is 26.1. The van der Waals surface area contributed by atoms with E-state index in [0.29, 0.717) is 0 Å². The smallest absolute Gasteiger partial charge is 0.260 e. The summed E-state index contributed by atoms with van der Waals surface area (Å²) in [4.78, 5) is 12.2. The Labute approximate surface area is 188 Å². The van der Waals surface area contributed by atoms with Gasteiger partial charge >= 0.3 is 15.7 Å². The van der Waals surface area contributed by atoms with Crippen LogP contribution >= 0.6 is 81.5 Å². The molecule has 3 N–H and O–H groups in total. The number of nitrogens with one attached hydrogen (secondary N) is 3. The minimum absolute atomic E-state index is 0.929. The SMILES string of the molecule is CSN(C)[P+]1(N(C)SC)NP2(=NCCCS2)N[P+](N(C)SC)(N(C)SC)N1. The lowest BCUT2D eigenvalue weighted by atomic mass is 10.5. The molecule has 8 nitrogen and oxygen atoms in total. The van der Waals surface area contributed by atoms with Crippen molar-refractivity contribution in [3.63, 3.8) is 0 Å². The van der Waals surface area contributed by atoms with Crippen LogP contribution in [0.15, 0.2) is 4.74 Å². The maximum absolute atomic E-state index is 5.20. The molecule has 1 fully saturated rings. The Morgan fingerprint density at radius 3 is 1.52 bits per heavy atom. The fourth-order valence-electron chi connectivity index (χ4n) is 2.61. The second-order valence-electron chi connectivity index (χ2n) is 5.72. The topological polar surface area (TPSA) is 61.4 Å². The lowest BCUT2D eigenvalue weighted by molar-refractivity contribution is 0.696. The molecule has 0 bridgehead atoms. The van der Waals surface area contributed by atoms with Crippen LogP contribution in [0.1, 0.15) is 6.42 Å². The average molecular weight is 531 g/mol. The van der Waals surface area contributed by atoms with E-state index in [9.17, 15) is 0 Å². The second kappa shape index (κ2) is 10.9. The maximum Gasteiger partial charge on any atom is 0.368 e. The highest BCUT2D eigenvalue weighted by Crippen LogP contribution is 2.85. The summed E-state index contributed by atoms with van der Waals surface area (Å²) >= 11 is 9.07. The summed E-state index contributed by atoms with van der Waals surface area (Å²) in [7, 11) is 4.64. The first-order valence-electron chi connectivity index (χ1n) is 8.28. The Bertz CT molecular complexity index is 504. The van der Waals surface area contributed by atoms with Gasteiger partial charge in [-0.1, -0.05) is 37.4 Å². The quantitative estimate of drug-likeness (QED) is 0.291. The second-order valence-corrected chi connectivity index (χ2v) is 22.1. The standard InChI is InChI=1S/C11H33N8P3S5/c1-16(23-5)21(17(2)24-6)13-20(12-10-9-11-27-20)14-22(15-21,18(3)25-7)19(4)26-8/h13-15H,9-11H2,1-8H3/q+2. The van der Waals surface area contributed by atoms with E-state index in [-0.39, 0.29) is 0 Å². The molecule has 0 aromatic heterocycles. The first-order valence-corrected chi connectivity index (χ1v) is 19.7. The summed E-state index contributed by atoms with van der Waals surface area (Å²) in [5.41, 5.74) is 0. The van der Waals surface area contributed by atoms with Crippen molar-refractivity contribution in [2.45, 2.75) is 6.42 Å².